The highest BCUT2D eigenvalue weighted by Crippen LogP contribution is 2.15. The fourth-order valence-electron chi connectivity index (χ4n) is 2.85. The van der Waals surface area contributed by atoms with Crippen molar-refractivity contribution in [3.63, 3.8) is 0 Å². The Kier molecular flexibility index (Phi) is 10.6. The van der Waals surface area contributed by atoms with Crippen LogP contribution in [-0.4, -0.2) is 64.4 Å². The van der Waals surface area contributed by atoms with Crippen LogP contribution in [0.1, 0.15) is 26.3 Å². The van der Waals surface area contributed by atoms with Crippen molar-refractivity contribution in [3.05, 3.63) is 48.3 Å². The maximum absolute atomic E-state index is 14.4. The lowest BCUT2D eigenvalue weighted by Crippen LogP contribution is -2.45. The third-order valence-corrected chi connectivity index (χ3v) is 4.39. The van der Waals surface area contributed by atoms with E-state index in [-0.39, 0.29) is 42.2 Å². The van der Waals surface area contributed by atoms with Gasteiger partial charge in [0.1, 0.15) is 5.82 Å². The van der Waals surface area contributed by atoms with Gasteiger partial charge in [0.25, 0.3) is 0 Å². The molecule has 0 saturated carbocycles. The van der Waals surface area contributed by atoms with E-state index in [1.807, 2.05) is 33.9 Å². The van der Waals surface area contributed by atoms with Crippen LogP contribution in [0, 0.1) is 5.82 Å². The largest absolute Gasteiger partial charge is 0.357 e. The number of hydrogen-bond donors (Lipinski definition) is 1. The number of nitrogens with zero attached hydrogens (tertiary/aromatic N) is 5. The van der Waals surface area contributed by atoms with Crippen molar-refractivity contribution in [1.29, 1.82) is 0 Å². The molecule has 0 aliphatic heterocycles. The molecule has 0 fully saturated rings. The van der Waals surface area contributed by atoms with Gasteiger partial charge in [0.05, 0.1) is 25.1 Å². The smallest absolute Gasteiger partial charge is 0.242 e. The van der Waals surface area contributed by atoms with Crippen molar-refractivity contribution in [2.24, 2.45) is 4.99 Å². The lowest BCUT2D eigenvalue weighted by molar-refractivity contribution is -0.131. The molecule has 29 heavy (non-hydrogen) atoms. The zero-order valence-corrected chi connectivity index (χ0v) is 19.8. The van der Waals surface area contributed by atoms with Crippen molar-refractivity contribution in [2.45, 2.75) is 27.3 Å². The number of rotatable bonds is 8. The van der Waals surface area contributed by atoms with E-state index in [0.29, 0.717) is 37.8 Å². The number of nitrogens with one attached hydrogen (secondary N) is 1. The van der Waals surface area contributed by atoms with Crippen molar-refractivity contribution < 1.29 is 9.18 Å². The number of amides is 1. The molecule has 160 valence electrons. The van der Waals surface area contributed by atoms with E-state index in [1.54, 1.807) is 39.2 Å². The van der Waals surface area contributed by atoms with Crippen LogP contribution < -0.4 is 5.32 Å². The molecule has 9 heteroatoms. The van der Waals surface area contributed by atoms with Crippen molar-refractivity contribution in [3.8, 4) is 5.69 Å². The van der Waals surface area contributed by atoms with E-state index < -0.39 is 0 Å². The first-order valence-corrected chi connectivity index (χ1v) is 9.54. The van der Waals surface area contributed by atoms with Gasteiger partial charge in [0.15, 0.2) is 5.96 Å². The van der Waals surface area contributed by atoms with Gasteiger partial charge in [-0.05, 0) is 38.5 Å². The first-order valence-electron chi connectivity index (χ1n) is 9.54. The van der Waals surface area contributed by atoms with Crippen LogP contribution in [0.5, 0.6) is 0 Å². The van der Waals surface area contributed by atoms with Crippen LogP contribution in [0.25, 0.3) is 5.69 Å². The van der Waals surface area contributed by atoms with E-state index in [1.165, 1.54) is 6.07 Å². The highest BCUT2D eigenvalue weighted by atomic mass is 127. The predicted molar refractivity (Wildman–Crippen MR) is 124 cm³/mol. The van der Waals surface area contributed by atoms with Crippen LogP contribution >= 0.6 is 24.0 Å². The second-order valence-electron chi connectivity index (χ2n) is 6.35. The summed E-state index contributed by atoms with van der Waals surface area (Å²) in [6, 6.07) is 5.03. The average Bonchev–Trinajstić information content (AvgIpc) is 3.20. The van der Waals surface area contributed by atoms with Crippen LogP contribution in [0.15, 0.2) is 41.9 Å². The SMILES string of the molecule is CCNC(=NCc1ccc(-n2ccnc2)c(F)c1)N(C)CC(=O)N(CC)CC.I. The highest BCUT2D eigenvalue weighted by molar-refractivity contribution is 14.0. The molecule has 0 spiro atoms. The molecule has 1 aromatic heterocycles. The summed E-state index contributed by atoms with van der Waals surface area (Å²) >= 11 is 0. The summed E-state index contributed by atoms with van der Waals surface area (Å²) in [7, 11) is 1.83. The summed E-state index contributed by atoms with van der Waals surface area (Å²) in [6.07, 6.45) is 4.86. The summed E-state index contributed by atoms with van der Waals surface area (Å²) in [5.74, 6) is 0.330. The first-order chi connectivity index (χ1) is 13.5. The molecule has 0 unspecified atom stereocenters. The number of carbonyl (C=O) groups excluding carboxylic acids is 1. The number of aliphatic imine (C=N–C) groups is 1. The average molecular weight is 516 g/mol. The molecule has 2 rings (SSSR count). The van der Waals surface area contributed by atoms with E-state index in [4.69, 9.17) is 0 Å². The van der Waals surface area contributed by atoms with E-state index in [0.717, 1.165) is 5.56 Å². The predicted octanol–water partition coefficient (Wildman–Crippen LogP) is 2.90. The minimum atomic E-state index is -0.333. The molecule has 0 radical (unpaired) electrons. The number of benzene rings is 1. The standard InChI is InChI=1S/C20H29FN6O.HI/c1-5-23-20(25(4)14-19(28)26(6-2)7-3)24-13-16-8-9-18(17(21)12-16)27-11-10-22-15-27;/h8-12,15H,5-7,13-14H2,1-4H3,(H,23,24);1H. The quantitative estimate of drug-likeness (QED) is 0.333. The van der Waals surface area contributed by atoms with Gasteiger partial charge in [-0.2, -0.15) is 0 Å². The van der Waals surface area contributed by atoms with Crippen LogP contribution in [0.3, 0.4) is 0 Å². The molecule has 1 N–H and O–H groups in total. The fourth-order valence-corrected chi connectivity index (χ4v) is 2.85. The molecule has 0 atom stereocenters. The van der Waals surface area contributed by atoms with Gasteiger partial charge in [-0.15, -0.1) is 24.0 Å². The number of carbonyl (C=O) groups is 1. The minimum Gasteiger partial charge on any atom is -0.357 e. The van der Waals surface area contributed by atoms with E-state index >= 15 is 0 Å². The van der Waals surface area contributed by atoms with Gasteiger partial charge in [0.2, 0.25) is 5.91 Å². The molecule has 2 aromatic rings. The molecule has 7 nitrogen and oxygen atoms in total. The summed E-state index contributed by atoms with van der Waals surface area (Å²) < 4.78 is 16.0. The van der Waals surface area contributed by atoms with Crippen LogP contribution in [0.2, 0.25) is 0 Å². The molecule has 0 aliphatic rings. The Hall–Kier alpha value is -2.17. The van der Waals surface area contributed by atoms with Crippen molar-refractivity contribution >= 4 is 35.8 Å². The van der Waals surface area contributed by atoms with Gasteiger partial charge in [-0.1, -0.05) is 6.07 Å². The Morgan fingerprint density at radius 2 is 2.00 bits per heavy atom. The number of aromatic nitrogens is 2. The summed E-state index contributed by atoms with van der Waals surface area (Å²) in [5, 5.41) is 3.18. The maximum Gasteiger partial charge on any atom is 0.242 e. The molecule has 0 aliphatic carbocycles. The third-order valence-electron chi connectivity index (χ3n) is 4.39. The summed E-state index contributed by atoms with van der Waals surface area (Å²) in [6.45, 7) is 8.48. The second kappa shape index (κ2) is 12.4. The molecule has 1 aromatic carbocycles. The zero-order valence-electron chi connectivity index (χ0n) is 17.4. The van der Waals surface area contributed by atoms with Gasteiger partial charge < -0.3 is 19.7 Å². The third kappa shape index (κ3) is 6.98. The van der Waals surface area contributed by atoms with Gasteiger partial charge >= 0.3 is 0 Å². The molecule has 1 amide bonds. The Morgan fingerprint density at radius 1 is 1.28 bits per heavy atom. The molecular formula is C20H30FIN6O. The Morgan fingerprint density at radius 3 is 2.55 bits per heavy atom. The maximum atomic E-state index is 14.4. The highest BCUT2D eigenvalue weighted by Gasteiger charge is 2.15. The molecular weight excluding hydrogens is 486 g/mol. The zero-order chi connectivity index (χ0) is 20.5. The van der Waals surface area contributed by atoms with E-state index in [2.05, 4.69) is 15.3 Å². The minimum absolute atomic E-state index is 0. The topological polar surface area (TPSA) is 65.8 Å². The lowest BCUT2D eigenvalue weighted by atomic mass is 10.2. The van der Waals surface area contributed by atoms with Crippen LogP contribution in [0.4, 0.5) is 4.39 Å². The molecule has 0 saturated heterocycles. The van der Waals surface area contributed by atoms with E-state index in [9.17, 15) is 9.18 Å². The van der Waals surface area contributed by atoms with Crippen molar-refractivity contribution in [2.75, 3.05) is 33.2 Å². The monoisotopic (exact) mass is 516 g/mol. The second-order valence-corrected chi connectivity index (χ2v) is 6.35. The normalized spacial score (nSPS) is 11.0. The Labute approximate surface area is 189 Å². The summed E-state index contributed by atoms with van der Waals surface area (Å²) in [5.41, 5.74) is 1.19. The number of guanidine groups is 1. The first kappa shape index (κ1) is 24.9. The number of likely N-dealkylation sites (N-methyl/N-ethyl adjacent to an activating group) is 2. The van der Waals surface area contributed by atoms with Gasteiger partial charge in [-0.25, -0.2) is 14.4 Å². The number of imidazole rings is 1. The Balaban J connectivity index is 0.00000420. The number of hydrogen-bond acceptors (Lipinski definition) is 3. The van der Waals surface area contributed by atoms with Crippen molar-refractivity contribution in [1.82, 2.24) is 24.7 Å². The van der Waals surface area contributed by atoms with Crippen LogP contribution in [-0.2, 0) is 11.3 Å². The molecule has 1 heterocycles. The lowest BCUT2D eigenvalue weighted by Gasteiger charge is -2.25. The van der Waals surface area contributed by atoms with Gasteiger partial charge in [-0.3, -0.25) is 4.79 Å². The number of halogens is 2. The summed E-state index contributed by atoms with van der Waals surface area (Å²) in [4.78, 5) is 24.4. The van der Waals surface area contributed by atoms with Gasteiger partial charge in [0, 0.05) is 39.1 Å². The fraction of sp³-hybridized carbons (Fsp3) is 0.450. The Bertz CT molecular complexity index is 792. The molecule has 0 bridgehead atoms.